The zero-order valence-electron chi connectivity index (χ0n) is 6.86. The second-order valence-corrected chi connectivity index (χ2v) is 3.45. The molecular formula is C10H14O. The molecule has 0 N–H and O–H groups in total. The van der Waals surface area contributed by atoms with Crippen molar-refractivity contribution in [1.29, 1.82) is 0 Å². The lowest BCUT2D eigenvalue weighted by Gasteiger charge is -2.34. The highest BCUT2D eigenvalue weighted by Gasteiger charge is 2.28. The third-order valence-corrected chi connectivity index (χ3v) is 2.67. The Balaban J connectivity index is 2.14. The first kappa shape index (κ1) is 7.11. The SMILES string of the molecule is CC1CCOC2C=CC=CC12. The monoisotopic (exact) mass is 150 g/mol. The van der Waals surface area contributed by atoms with Gasteiger partial charge in [-0.05, 0) is 12.3 Å². The molecule has 0 aromatic rings. The van der Waals surface area contributed by atoms with Gasteiger partial charge in [-0.1, -0.05) is 31.2 Å². The Bertz CT molecular complexity index is 193. The molecule has 0 bridgehead atoms. The van der Waals surface area contributed by atoms with Crippen LogP contribution >= 0.6 is 0 Å². The van der Waals surface area contributed by atoms with Crippen molar-refractivity contribution in [2.45, 2.75) is 19.4 Å². The van der Waals surface area contributed by atoms with Gasteiger partial charge in [-0.3, -0.25) is 0 Å². The normalized spacial score (nSPS) is 42.1. The minimum Gasteiger partial charge on any atom is -0.374 e. The zero-order valence-corrected chi connectivity index (χ0v) is 6.86. The van der Waals surface area contributed by atoms with E-state index < -0.39 is 0 Å². The molecule has 60 valence electrons. The lowest BCUT2D eigenvalue weighted by molar-refractivity contribution is -0.00795. The summed E-state index contributed by atoms with van der Waals surface area (Å²) in [6.07, 6.45) is 10.2. The van der Waals surface area contributed by atoms with E-state index in [-0.39, 0.29) is 0 Å². The quantitative estimate of drug-likeness (QED) is 0.514. The highest BCUT2D eigenvalue weighted by molar-refractivity contribution is 5.16. The van der Waals surface area contributed by atoms with Crippen LogP contribution in [0.25, 0.3) is 0 Å². The third kappa shape index (κ3) is 1.25. The highest BCUT2D eigenvalue weighted by Crippen LogP contribution is 2.30. The van der Waals surface area contributed by atoms with Crippen molar-refractivity contribution in [3.05, 3.63) is 24.3 Å². The van der Waals surface area contributed by atoms with E-state index >= 15 is 0 Å². The summed E-state index contributed by atoms with van der Waals surface area (Å²) in [5.41, 5.74) is 0. The summed E-state index contributed by atoms with van der Waals surface area (Å²) in [6, 6.07) is 0. The van der Waals surface area contributed by atoms with E-state index in [2.05, 4.69) is 31.2 Å². The first-order chi connectivity index (χ1) is 5.38. The molecule has 0 spiro atoms. The minimum atomic E-state index is 0.365. The third-order valence-electron chi connectivity index (χ3n) is 2.67. The highest BCUT2D eigenvalue weighted by atomic mass is 16.5. The molecule has 11 heavy (non-hydrogen) atoms. The number of allylic oxidation sites excluding steroid dienone is 2. The van der Waals surface area contributed by atoms with Crippen LogP contribution in [0, 0.1) is 11.8 Å². The molecule has 1 aliphatic heterocycles. The van der Waals surface area contributed by atoms with Gasteiger partial charge in [0.2, 0.25) is 0 Å². The molecule has 0 aromatic carbocycles. The van der Waals surface area contributed by atoms with Crippen molar-refractivity contribution in [2.75, 3.05) is 6.61 Å². The molecule has 3 atom stereocenters. The summed E-state index contributed by atoms with van der Waals surface area (Å²) >= 11 is 0. The summed E-state index contributed by atoms with van der Waals surface area (Å²) in [7, 11) is 0. The fourth-order valence-electron chi connectivity index (χ4n) is 1.87. The van der Waals surface area contributed by atoms with Gasteiger partial charge in [0.05, 0.1) is 6.10 Å². The van der Waals surface area contributed by atoms with E-state index in [1.807, 2.05) is 0 Å². The van der Waals surface area contributed by atoms with E-state index in [1.54, 1.807) is 0 Å². The molecule has 0 saturated carbocycles. The number of ether oxygens (including phenoxy) is 1. The Labute approximate surface area is 67.7 Å². The molecule has 1 heteroatoms. The summed E-state index contributed by atoms with van der Waals surface area (Å²) < 4.78 is 5.61. The largest absolute Gasteiger partial charge is 0.374 e. The fraction of sp³-hybridized carbons (Fsp3) is 0.600. The number of hydrogen-bond acceptors (Lipinski definition) is 1. The maximum Gasteiger partial charge on any atom is 0.0824 e. The first-order valence-corrected chi connectivity index (χ1v) is 4.34. The minimum absolute atomic E-state index is 0.365. The Hall–Kier alpha value is -0.560. The molecule has 0 amide bonds. The molecule has 3 unspecified atom stereocenters. The summed E-state index contributed by atoms with van der Waals surface area (Å²) in [5.74, 6) is 1.42. The van der Waals surface area contributed by atoms with Crippen LogP contribution in [0.2, 0.25) is 0 Å². The van der Waals surface area contributed by atoms with E-state index in [1.165, 1.54) is 6.42 Å². The van der Waals surface area contributed by atoms with E-state index in [4.69, 9.17) is 4.74 Å². The van der Waals surface area contributed by atoms with Crippen LogP contribution in [-0.2, 0) is 4.74 Å². The van der Waals surface area contributed by atoms with Crippen LogP contribution in [0.1, 0.15) is 13.3 Å². The standard InChI is InChI=1S/C10H14O/c1-8-6-7-11-10-5-3-2-4-9(8)10/h2-5,8-10H,6-7H2,1H3. The van der Waals surface area contributed by atoms with Gasteiger partial charge in [-0.25, -0.2) is 0 Å². The van der Waals surface area contributed by atoms with Crippen LogP contribution in [0.15, 0.2) is 24.3 Å². The average Bonchev–Trinajstić information content (AvgIpc) is 2.06. The maximum atomic E-state index is 5.61. The molecule has 1 aliphatic carbocycles. The molecule has 1 heterocycles. The molecule has 0 radical (unpaired) electrons. The van der Waals surface area contributed by atoms with Crippen molar-refractivity contribution in [2.24, 2.45) is 11.8 Å². The fourth-order valence-corrected chi connectivity index (χ4v) is 1.87. The first-order valence-electron chi connectivity index (χ1n) is 4.34. The second-order valence-electron chi connectivity index (χ2n) is 3.45. The molecular weight excluding hydrogens is 136 g/mol. The van der Waals surface area contributed by atoms with Crippen LogP contribution < -0.4 is 0 Å². The molecule has 2 aliphatic rings. The summed E-state index contributed by atoms with van der Waals surface area (Å²) in [5, 5.41) is 0. The van der Waals surface area contributed by atoms with Gasteiger partial charge in [0.25, 0.3) is 0 Å². The van der Waals surface area contributed by atoms with Crippen molar-refractivity contribution in [3.8, 4) is 0 Å². The summed E-state index contributed by atoms with van der Waals surface area (Å²) in [6.45, 7) is 3.24. The Morgan fingerprint density at radius 1 is 1.27 bits per heavy atom. The van der Waals surface area contributed by atoms with Gasteiger partial charge in [0, 0.05) is 12.5 Å². The lowest BCUT2D eigenvalue weighted by Crippen LogP contribution is -2.33. The van der Waals surface area contributed by atoms with E-state index in [9.17, 15) is 0 Å². The van der Waals surface area contributed by atoms with Crippen molar-refractivity contribution < 1.29 is 4.74 Å². The van der Waals surface area contributed by atoms with E-state index in [0.717, 1.165) is 12.5 Å². The Morgan fingerprint density at radius 3 is 2.91 bits per heavy atom. The maximum absolute atomic E-state index is 5.61. The molecule has 1 nitrogen and oxygen atoms in total. The van der Waals surface area contributed by atoms with Gasteiger partial charge in [0.1, 0.15) is 0 Å². The van der Waals surface area contributed by atoms with Gasteiger partial charge in [-0.15, -0.1) is 0 Å². The van der Waals surface area contributed by atoms with Crippen LogP contribution in [0.3, 0.4) is 0 Å². The molecule has 1 saturated heterocycles. The molecule has 1 fully saturated rings. The Morgan fingerprint density at radius 2 is 2.09 bits per heavy atom. The van der Waals surface area contributed by atoms with Crippen LogP contribution in [0.4, 0.5) is 0 Å². The van der Waals surface area contributed by atoms with Crippen molar-refractivity contribution in [3.63, 3.8) is 0 Å². The topological polar surface area (TPSA) is 9.23 Å². The van der Waals surface area contributed by atoms with Crippen molar-refractivity contribution in [1.82, 2.24) is 0 Å². The number of rotatable bonds is 0. The summed E-state index contributed by atoms with van der Waals surface area (Å²) in [4.78, 5) is 0. The molecule has 0 aromatic heterocycles. The smallest absolute Gasteiger partial charge is 0.0824 e. The predicted octanol–water partition coefficient (Wildman–Crippen LogP) is 2.15. The predicted molar refractivity (Wildman–Crippen MR) is 45.3 cm³/mol. The van der Waals surface area contributed by atoms with Gasteiger partial charge < -0.3 is 4.74 Å². The number of hydrogen-bond donors (Lipinski definition) is 0. The Kier molecular flexibility index (Phi) is 1.82. The van der Waals surface area contributed by atoms with Crippen LogP contribution in [0.5, 0.6) is 0 Å². The van der Waals surface area contributed by atoms with Crippen molar-refractivity contribution >= 4 is 0 Å². The second kappa shape index (κ2) is 2.82. The van der Waals surface area contributed by atoms with Gasteiger partial charge in [-0.2, -0.15) is 0 Å². The van der Waals surface area contributed by atoms with Crippen LogP contribution in [-0.4, -0.2) is 12.7 Å². The van der Waals surface area contributed by atoms with Gasteiger partial charge in [0.15, 0.2) is 0 Å². The average molecular weight is 150 g/mol. The zero-order chi connectivity index (χ0) is 7.68. The van der Waals surface area contributed by atoms with E-state index in [0.29, 0.717) is 12.0 Å². The lowest BCUT2D eigenvalue weighted by atomic mass is 9.82. The molecule has 2 rings (SSSR count). The van der Waals surface area contributed by atoms with Gasteiger partial charge >= 0.3 is 0 Å². The number of fused-ring (bicyclic) bond motifs is 1.